The fourth-order valence-corrected chi connectivity index (χ4v) is 2.41. The Hall–Kier alpha value is -1.26. The van der Waals surface area contributed by atoms with Crippen molar-refractivity contribution in [3.05, 3.63) is 23.8 Å². The van der Waals surface area contributed by atoms with E-state index in [-0.39, 0.29) is 6.04 Å². The molecule has 1 aromatic carbocycles. The smallest absolute Gasteiger partial charge is 0.161 e. The summed E-state index contributed by atoms with van der Waals surface area (Å²) in [6.45, 7) is 7.43. The lowest BCUT2D eigenvalue weighted by atomic mass is 10.00. The Balaban J connectivity index is 2.76. The van der Waals surface area contributed by atoms with Crippen LogP contribution in [0, 0.1) is 0 Å². The van der Waals surface area contributed by atoms with E-state index in [1.807, 2.05) is 26.0 Å². The molecule has 0 aliphatic carbocycles. The number of hydrogen-bond donors (Lipinski definition) is 2. The minimum Gasteiger partial charge on any atom is -0.490 e. The molecule has 4 heteroatoms. The number of hydrazine groups is 1. The molecule has 0 heterocycles. The number of unbranched alkanes of at least 4 members (excludes halogenated alkanes) is 3. The van der Waals surface area contributed by atoms with Gasteiger partial charge in [-0.25, -0.2) is 0 Å². The molecule has 0 saturated carbocycles. The monoisotopic (exact) mass is 294 g/mol. The summed E-state index contributed by atoms with van der Waals surface area (Å²) >= 11 is 0. The van der Waals surface area contributed by atoms with Gasteiger partial charge in [0.1, 0.15) is 0 Å². The number of nitrogens with two attached hydrogens (primary N) is 1. The third kappa shape index (κ3) is 5.94. The van der Waals surface area contributed by atoms with Crippen molar-refractivity contribution in [3.63, 3.8) is 0 Å². The molecule has 0 amide bonds. The molecule has 3 N–H and O–H groups in total. The van der Waals surface area contributed by atoms with E-state index >= 15 is 0 Å². The van der Waals surface area contributed by atoms with Gasteiger partial charge in [0.05, 0.1) is 13.2 Å². The second-order valence-electron chi connectivity index (χ2n) is 5.14. The van der Waals surface area contributed by atoms with Crippen LogP contribution in [-0.2, 0) is 0 Å². The molecule has 0 fully saturated rings. The van der Waals surface area contributed by atoms with Crippen molar-refractivity contribution in [2.24, 2.45) is 5.84 Å². The van der Waals surface area contributed by atoms with Crippen LogP contribution in [0.5, 0.6) is 11.5 Å². The van der Waals surface area contributed by atoms with Gasteiger partial charge >= 0.3 is 0 Å². The van der Waals surface area contributed by atoms with E-state index in [1.165, 1.54) is 25.7 Å². The van der Waals surface area contributed by atoms with Crippen molar-refractivity contribution in [2.45, 2.75) is 58.9 Å². The Bertz CT molecular complexity index is 396. The number of benzene rings is 1. The molecular weight excluding hydrogens is 264 g/mol. The zero-order valence-electron chi connectivity index (χ0n) is 13.7. The molecule has 0 radical (unpaired) electrons. The average Bonchev–Trinajstić information content (AvgIpc) is 2.50. The topological polar surface area (TPSA) is 56.5 Å². The van der Waals surface area contributed by atoms with Crippen molar-refractivity contribution in [1.82, 2.24) is 5.43 Å². The third-order valence-corrected chi connectivity index (χ3v) is 3.52. The highest BCUT2D eigenvalue weighted by Gasteiger charge is 2.13. The summed E-state index contributed by atoms with van der Waals surface area (Å²) < 4.78 is 11.3. The van der Waals surface area contributed by atoms with E-state index in [0.29, 0.717) is 13.2 Å². The molecular formula is C17H30N2O2. The van der Waals surface area contributed by atoms with Crippen LogP contribution in [0.3, 0.4) is 0 Å². The van der Waals surface area contributed by atoms with Crippen molar-refractivity contribution >= 4 is 0 Å². The molecule has 1 aromatic rings. The maximum absolute atomic E-state index is 5.72. The molecule has 120 valence electrons. The van der Waals surface area contributed by atoms with Gasteiger partial charge in [0, 0.05) is 6.04 Å². The number of hydrogen-bond acceptors (Lipinski definition) is 4. The first-order valence-electron chi connectivity index (χ1n) is 8.12. The molecule has 1 rings (SSSR count). The van der Waals surface area contributed by atoms with Gasteiger partial charge in [-0.1, -0.05) is 38.7 Å². The largest absolute Gasteiger partial charge is 0.490 e. The van der Waals surface area contributed by atoms with Gasteiger partial charge in [-0.2, -0.15) is 0 Å². The van der Waals surface area contributed by atoms with Gasteiger partial charge in [0.25, 0.3) is 0 Å². The van der Waals surface area contributed by atoms with Crippen molar-refractivity contribution in [3.8, 4) is 11.5 Å². The van der Waals surface area contributed by atoms with Gasteiger partial charge < -0.3 is 9.47 Å². The molecule has 0 spiro atoms. The van der Waals surface area contributed by atoms with Crippen molar-refractivity contribution in [2.75, 3.05) is 13.2 Å². The lowest BCUT2D eigenvalue weighted by Crippen LogP contribution is -2.28. The predicted octanol–water partition coefficient (Wildman–Crippen LogP) is 3.96. The van der Waals surface area contributed by atoms with Gasteiger partial charge in [-0.3, -0.25) is 11.3 Å². The second kappa shape index (κ2) is 10.5. The SMILES string of the molecule is CCCCCCC(NN)c1ccc(OCC)c(OCC)c1. The first-order chi connectivity index (χ1) is 10.3. The first kappa shape index (κ1) is 17.8. The van der Waals surface area contributed by atoms with Crippen molar-refractivity contribution in [1.29, 1.82) is 0 Å². The van der Waals surface area contributed by atoms with Gasteiger partial charge in [-0.05, 0) is 38.0 Å². The van der Waals surface area contributed by atoms with E-state index in [2.05, 4.69) is 18.4 Å². The molecule has 0 bridgehead atoms. The second-order valence-corrected chi connectivity index (χ2v) is 5.14. The summed E-state index contributed by atoms with van der Waals surface area (Å²) in [5.41, 5.74) is 4.07. The summed E-state index contributed by atoms with van der Waals surface area (Å²) in [6, 6.07) is 6.24. The van der Waals surface area contributed by atoms with E-state index in [1.54, 1.807) is 0 Å². The molecule has 21 heavy (non-hydrogen) atoms. The van der Waals surface area contributed by atoms with E-state index < -0.39 is 0 Å². The lowest BCUT2D eigenvalue weighted by molar-refractivity contribution is 0.287. The molecule has 0 aliphatic rings. The van der Waals surface area contributed by atoms with Gasteiger partial charge in [0.2, 0.25) is 0 Å². The number of ether oxygens (including phenoxy) is 2. The Kier molecular flexibility index (Phi) is 8.87. The fraction of sp³-hybridized carbons (Fsp3) is 0.647. The zero-order valence-corrected chi connectivity index (χ0v) is 13.7. The Morgan fingerprint density at radius 2 is 1.71 bits per heavy atom. The summed E-state index contributed by atoms with van der Waals surface area (Å²) in [6.07, 6.45) is 6.00. The maximum atomic E-state index is 5.72. The molecule has 1 atom stereocenters. The van der Waals surface area contributed by atoms with Crippen LogP contribution in [0.15, 0.2) is 18.2 Å². The quantitative estimate of drug-likeness (QED) is 0.368. The summed E-state index contributed by atoms with van der Waals surface area (Å²) in [5, 5.41) is 0. The average molecular weight is 294 g/mol. The minimum absolute atomic E-state index is 0.164. The van der Waals surface area contributed by atoms with Gasteiger partial charge in [-0.15, -0.1) is 0 Å². The number of rotatable bonds is 11. The fourth-order valence-electron chi connectivity index (χ4n) is 2.41. The van der Waals surface area contributed by atoms with Crippen LogP contribution in [0.1, 0.15) is 64.5 Å². The van der Waals surface area contributed by atoms with Crippen LogP contribution in [-0.4, -0.2) is 13.2 Å². The van der Waals surface area contributed by atoms with Crippen LogP contribution in [0.2, 0.25) is 0 Å². The standard InChI is InChI=1S/C17H30N2O2/c1-4-7-8-9-10-15(19-18)14-11-12-16(20-5-2)17(13-14)21-6-3/h11-13,15,19H,4-10,18H2,1-3H3. The van der Waals surface area contributed by atoms with E-state index in [4.69, 9.17) is 15.3 Å². The van der Waals surface area contributed by atoms with Crippen LogP contribution in [0.4, 0.5) is 0 Å². The summed E-state index contributed by atoms with van der Waals surface area (Å²) in [7, 11) is 0. The maximum Gasteiger partial charge on any atom is 0.161 e. The molecule has 0 aromatic heterocycles. The molecule has 0 aliphatic heterocycles. The van der Waals surface area contributed by atoms with Crippen LogP contribution in [0.25, 0.3) is 0 Å². The minimum atomic E-state index is 0.164. The van der Waals surface area contributed by atoms with Gasteiger partial charge in [0.15, 0.2) is 11.5 Å². The van der Waals surface area contributed by atoms with Crippen LogP contribution < -0.4 is 20.7 Å². The highest BCUT2D eigenvalue weighted by atomic mass is 16.5. The highest BCUT2D eigenvalue weighted by Crippen LogP contribution is 2.32. The summed E-state index contributed by atoms with van der Waals surface area (Å²) in [5.74, 6) is 7.31. The van der Waals surface area contributed by atoms with Crippen molar-refractivity contribution < 1.29 is 9.47 Å². The Morgan fingerprint density at radius 3 is 2.33 bits per heavy atom. The number of nitrogens with one attached hydrogen (secondary N) is 1. The normalized spacial score (nSPS) is 12.2. The highest BCUT2D eigenvalue weighted by molar-refractivity contribution is 5.44. The Morgan fingerprint density at radius 1 is 1.00 bits per heavy atom. The third-order valence-electron chi connectivity index (χ3n) is 3.52. The predicted molar refractivity (Wildman–Crippen MR) is 87.6 cm³/mol. The van der Waals surface area contributed by atoms with Crippen LogP contribution >= 0.6 is 0 Å². The Labute approximate surface area is 129 Å². The molecule has 1 unspecified atom stereocenters. The van der Waals surface area contributed by atoms with E-state index in [0.717, 1.165) is 23.5 Å². The zero-order chi connectivity index (χ0) is 15.5. The molecule has 4 nitrogen and oxygen atoms in total. The lowest BCUT2D eigenvalue weighted by Gasteiger charge is -2.19. The summed E-state index contributed by atoms with van der Waals surface area (Å²) in [4.78, 5) is 0. The van der Waals surface area contributed by atoms with E-state index in [9.17, 15) is 0 Å². The molecule has 0 saturated heterocycles. The first-order valence-corrected chi connectivity index (χ1v) is 8.12.